The van der Waals surface area contributed by atoms with Gasteiger partial charge in [0.15, 0.2) is 0 Å². The molecule has 0 spiro atoms. The Kier molecular flexibility index (Phi) is 5.44. The normalized spacial score (nSPS) is 10.3. The van der Waals surface area contributed by atoms with Crippen LogP contribution in [0.15, 0.2) is 48.5 Å². The highest BCUT2D eigenvalue weighted by Gasteiger charge is 2.02. The van der Waals surface area contributed by atoms with Gasteiger partial charge in [0.1, 0.15) is 18.1 Å². The lowest BCUT2D eigenvalue weighted by atomic mass is 10.2. The quantitative estimate of drug-likeness (QED) is 0.837. The lowest BCUT2D eigenvalue weighted by molar-refractivity contribution is 0.301. The summed E-state index contributed by atoms with van der Waals surface area (Å²) in [6.45, 7) is 4.04. The third-order valence-corrected chi connectivity index (χ3v) is 2.97. The molecule has 0 aliphatic carbocycles. The van der Waals surface area contributed by atoms with Crippen LogP contribution in [0.1, 0.15) is 18.1 Å². The Morgan fingerprint density at radius 2 is 1.70 bits per heavy atom. The van der Waals surface area contributed by atoms with Gasteiger partial charge in [0.25, 0.3) is 0 Å². The van der Waals surface area contributed by atoms with Crippen LogP contribution in [0.4, 0.5) is 0 Å². The Morgan fingerprint density at radius 3 is 2.40 bits per heavy atom. The molecule has 0 radical (unpaired) electrons. The predicted molar refractivity (Wildman–Crippen MR) is 81.1 cm³/mol. The second-order valence-corrected chi connectivity index (χ2v) is 4.50. The standard InChI is InChI=1S/C17H21NO2/c1-3-19-16-10-8-14(9-11-16)13-20-17-7-5-4-6-15(17)12-18-2/h4-11,18H,3,12-13H2,1-2H3. The SMILES string of the molecule is CCOc1ccc(COc2ccccc2CNC)cc1. The molecular weight excluding hydrogens is 250 g/mol. The molecule has 0 bridgehead atoms. The highest BCUT2D eigenvalue weighted by atomic mass is 16.5. The van der Waals surface area contributed by atoms with E-state index in [-0.39, 0.29) is 0 Å². The van der Waals surface area contributed by atoms with Gasteiger partial charge in [-0.25, -0.2) is 0 Å². The molecular formula is C17H21NO2. The minimum Gasteiger partial charge on any atom is -0.494 e. The zero-order chi connectivity index (χ0) is 14.2. The molecule has 0 atom stereocenters. The second kappa shape index (κ2) is 7.56. The zero-order valence-electron chi connectivity index (χ0n) is 12.1. The Labute approximate surface area is 120 Å². The number of rotatable bonds is 7. The van der Waals surface area contributed by atoms with Crippen molar-refractivity contribution in [2.24, 2.45) is 0 Å². The fourth-order valence-electron chi connectivity index (χ4n) is 1.99. The Bertz CT molecular complexity index is 523. The molecule has 0 saturated carbocycles. The van der Waals surface area contributed by atoms with Crippen molar-refractivity contribution in [2.45, 2.75) is 20.1 Å². The van der Waals surface area contributed by atoms with Crippen molar-refractivity contribution in [1.82, 2.24) is 5.32 Å². The summed E-state index contributed by atoms with van der Waals surface area (Å²) in [6.07, 6.45) is 0. The molecule has 0 fully saturated rings. The van der Waals surface area contributed by atoms with E-state index in [9.17, 15) is 0 Å². The van der Waals surface area contributed by atoms with Crippen molar-refractivity contribution < 1.29 is 9.47 Å². The largest absolute Gasteiger partial charge is 0.494 e. The maximum absolute atomic E-state index is 5.89. The Hall–Kier alpha value is -2.00. The predicted octanol–water partition coefficient (Wildman–Crippen LogP) is 3.38. The molecule has 2 rings (SSSR count). The molecule has 1 N–H and O–H groups in total. The summed E-state index contributed by atoms with van der Waals surface area (Å²) in [6, 6.07) is 16.1. The van der Waals surface area contributed by atoms with Gasteiger partial charge in [-0.15, -0.1) is 0 Å². The van der Waals surface area contributed by atoms with E-state index >= 15 is 0 Å². The summed E-state index contributed by atoms with van der Waals surface area (Å²) in [5, 5.41) is 3.15. The van der Waals surface area contributed by atoms with Gasteiger partial charge in [-0.1, -0.05) is 30.3 Å². The lowest BCUT2D eigenvalue weighted by Gasteiger charge is -2.11. The number of nitrogens with one attached hydrogen (secondary N) is 1. The van der Waals surface area contributed by atoms with Gasteiger partial charge in [0.2, 0.25) is 0 Å². The molecule has 2 aromatic carbocycles. The first-order chi connectivity index (χ1) is 9.83. The molecule has 0 aliphatic rings. The maximum Gasteiger partial charge on any atom is 0.124 e. The topological polar surface area (TPSA) is 30.5 Å². The number of hydrogen-bond donors (Lipinski definition) is 1. The van der Waals surface area contributed by atoms with Crippen molar-refractivity contribution in [3.8, 4) is 11.5 Å². The molecule has 20 heavy (non-hydrogen) atoms. The fourth-order valence-corrected chi connectivity index (χ4v) is 1.99. The molecule has 0 amide bonds. The monoisotopic (exact) mass is 271 g/mol. The second-order valence-electron chi connectivity index (χ2n) is 4.50. The summed E-state index contributed by atoms with van der Waals surface area (Å²) in [5.74, 6) is 1.82. The van der Waals surface area contributed by atoms with Crippen molar-refractivity contribution in [3.63, 3.8) is 0 Å². The van der Waals surface area contributed by atoms with Gasteiger partial charge < -0.3 is 14.8 Å². The summed E-state index contributed by atoms with van der Waals surface area (Å²) < 4.78 is 11.3. The average molecular weight is 271 g/mol. The summed E-state index contributed by atoms with van der Waals surface area (Å²) >= 11 is 0. The third kappa shape index (κ3) is 4.00. The Morgan fingerprint density at radius 1 is 0.950 bits per heavy atom. The van der Waals surface area contributed by atoms with E-state index in [2.05, 4.69) is 11.4 Å². The highest BCUT2D eigenvalue weighted by Crippen LogP contribution is 2.20. The third-order valence-electron chi connectivity index (χ3n) is 2.97. The molecule has 0 saturated heterocycles. The molecule has 3 heteroatoms. The van der Waals surface area contributed by atoms with Gasteiger partial charge in [-0.05, 0) is 37.7 Å². The first-order valence-electron chi connectivity index (χ1n) is 6.90. The van der Waals surface area contributed by atoms with E-state index in [1.807, 2.05) is 56.4 Å². The van der Waals surface area contributed by atoms with Crippen molar-refractivity contribution in [2.75, 3.05) is 13.7 Å². The average Bonchev–Trinajstić information content (AvgIpc) is 2.48. The van der Waals surface area contributed by atoms with Crippen LogP contribution in [0, 0.1) is 0 Å². The van der Waals surface area contributed by atoms with Crippen molar-refractivity contribution in [3.05, 3.63) is 59.7 Å². The van der Waals surface area contributed by atoms with Crippen LogP contribution < -0.4 is 14.8 Å². The maximum atomic E-state index is 5.89. The van der Waals surface area contributed by atoms with Crippen LogP contribution in [0.25, 0.3) is 0 Å². The molecule has 0 aliphatic heterocycles. The van der Waals surface area contributed by atoms with Gasteiger partial charge in [-0.3, -0.25) is 0 Å². The first kappa shape index (κ1) is 14.4. The van der Waals surface area contributed by atoms with E-state index in [1.54, 1.807) is 0 Å². The van der Waals surface area contributed by atoms with Crippen LogP contribution in [0.2, 0.25) is 0 Å². The van der Waals surface area contributed by atoms with E-state index in [0.29, 0.717) is 13.2 Å². The molecule has 0 unspecified atom stereocenters. The molecule has 0 aromatic heterocycles. The van der Waals surface area contributed by atoms with Crippen molar-refractivity contribution in [1.29, 1.82) is 0 Å². The van der Waals surface area contributed by atoms with Gasteiger partial charge in [-0.2, -0.15) is 0 Å². The fraction of sp³-hybridized carbons (Fsp3) is 0.294. The van der Waals surface area contributed by atoms with E-state index in [0.717, 1.165) is 23.6 Å². The van der Waals surface area contributed by atoms with Crippen LogP contribution in [-0.4, -0.2) is 13.7 Å². The van der Waals surface area contributed by atoms with E-state index in [1.165, 1.54) is 5.56 Å². The van der Waals surface area contributed by atoms with E-state index in [4.69, 9.17) is 9.47 Å². The summed E-state index contributed by atoms with van der Waals surface area (Å²) in [4.78, 5) is 0. The highest BCUT2D eigenvalue weighted by molar-refractivity contribution is 5.34. The first-order valence-corrected chi connectivity index (χ1v) is 6.90. The molecule has 0 heterocycles. The van der Waals surface area contributed by atoms with Crippen LogP contribution in [-0.2, 0) is 13.2 Å². The van der Waals surface area contributed by atoms with Crippen molar-refractivity contribution >= 4 is 0 Å². The Balaban J connectivity index is 1.97. The molecule has 106 valence electrons. The number of para-hydroxylation sites is 1. The minimum atomic E-state index is 0.563. The van der Waals surface area contributed by atoms with E-state index < -0.39 is 0 Å². The zero-order valence-corrected chi connectivity index (χ0v) is 12.1. The number of benzene rings is 2. The lowest BCUT2D eigenvalue weighted by Crippen LogP contribution is -2.07. The van der Waals surface area contributed by atoms with Gasteiger partial charge >= 0.3 is 0 Å². The van der Waals surface area contributed by atoms with Crippen LogP contribution in [0.3, 0.4) is 0 Å². The smallest absolute Gasteiger partial charge is 0.124 e. The number of hydrogen-bond acceptors (Lipinski definition) is 3. The summed E-state index contributed by atoms with van der Waals surface area (Å²) in [7, 11) is 1.93. The van der Waals surface area contributed by atoms with Gasteiger partial charge in [0.05, 0.1) is 6.61 Å². The van der Waals surface area contributed by atoms with Crippen LogP contribution in [0.5, 0.6) is 11.5 Å². The minimum absolute atomic E-state index is 0.563. The molecule has 2 aromatic rings. The van der Waals surface area contributed by atoms with Gasteiger partial charge in [0, 0.05) is 12.1 Å². The molecule has 3 nitrogen and oxygen atoms in total. The summed E-state index contributed by atoms with van der Waals surface area (Å²) in [5.41, 5.74) is 2.30. The number of ether oxygens (including phenoxy) is 2. The van der Waals surface area contributed by atoms with Crippen LogP contribution >= 0.6 is 0 Å².